The average Bonchev–Trinajstić information content (AvgIpc) is 1.98. The number of rotatable bonds is 6. The van der Waals surface area contributed by atoms with Crippen molar-refractivity contribution in [2.24, 2.45) is 0 Å². The second-order valence-electron chi connectivity index (χ2n) is 2.11. The summed E-state index contributed by atoms with van der Waals surface area (Å²) in [6, 6.07) is 0. The number of nitrogens with one attached hydrogen (secondary N) is 2. The Morgan fingerprint density at radius 1 is 1.42 bits per heavy atom. The van der Waals surface area contributed by atoms with Crippen molar-refractivity contribution >= 4 is 16.2 Å². The second-order valence-corrected chi connectivity index (χ2v) is 3.70. The molecule has 0 fully saturated rings. The number of carbonyl (C=O) groups is 1. The van der Waals surface area contributed by atoms with Crippen molar-refractivity contribution in [3.8, 4) is 0 Å². The highest BCUT2D eigenvalue weighted by Crippen LogP contribution is 1.77. The lowest BCUT2D eigenvalue weighted by molar-refractivity contribution is -0.135. The van der Waals surface area contributed by atoms with E-state index in [4.69, 9.17) is 5.11 Å². The molecule has 0 aromatic rings. The van der Waals surface area contributed by atoms with Gasteiger partial charge in [-0.05, 0) is 6.42 Å². The molecule has 0 atom stereocenters. The van der Waals surface area contributed by atoms with Crippen LogP contribution in [0.1, 0.15) is 13.3 Å². The summed E-state index contributed by atoms with van der Waals surface area (Å²) in [6.45, 7) is 1.51. The minimum atomic E-state index is -3.62. The van der Waals surface area contributed by atoms with E-state index in [1.165, 1.54) is 0 Å². The fraction of sp³-hybridized carbons (Fsp3) is 0.800. The standard InChI is InChI=1S/C5H12N2O4S/c1-2-3-6-12(10,11)7-4-5(8)9/h6-7H,2-4H2,1H3,(H,8,9). The molecule has 0 unspecified atom stereocenters. The highest BCUT2D eigenvalue weighted by Gasteiger charge is 2.08. The first-order valence-electron chi connectivity index (χ1n) is 3.44. The first-order chi connectivity index (χ1) is 5.48. The maximum absolute atomic E-state index is 10.8. The van der Waals surface area contributed by atoms with Crippen molar-refractivity contribution < 1.29 is 18.3 Å². The molecular formula is C5H12N2O4S. The van der Waals surface area contributed by atoms with Crippen LogP contribution in [0, 0.1) is 0 Å². The summed E-state index contributed by atoms with van der Waals surface area (Å²) in [4.78, 5) is 9.97. The van der Waals surface area contributed by atoms with E-state index < -0.39 is 22.7 Å². The molecule has 0 saturated heterocycles. The van der Waals surface area contributed by atoms with E-state index in [0.29, 0.717) is 13.0 Å². The number of hydrogen-bond acceptors (Lipinski definition) is 3. The van der Waals surface area contributed by atoms with Gasteiger partial charge < -0.3 is 5.11 Å². The molecule has 72 valence electrons. The molecule has 0 heterocycles. The van der Waals surface area contributed by atoms with Gasteiger partial charge in [0, 0.05) is 6.54 Å². The Bertz CT molecular complexity index is 236. The van der Waals surface area contributed by atoms with Gasteiger partial charge in [-0.1, -0.05) is 6.92 Å². The normalized spacial score (nSPS) is 11.4. The van der Waals surface area contributed by atoms with Gasteiger partial charge in [0.1, 0.15) is 6.54 Å². The van der Waals surface area contributed by atoms with E-state index in [-0.39, 0.29) is 0 Å². The van der Waals surface area contributed by atoms with Crippen molar-refractivity contribution in [1.29, 1.82) is 0 Å². The van der Waals surface area contributed by atoms with Crippen LogP contribution in [0.5, 0.6) is 0 Å². The number of aliphatic carboxylic acids is 1. The summed E-state index contributed by atoms with van der Waals surface area (Å²) in [5.41, 5.74) is 0. The van der Waals surface area contributed by atoms with Crippen LogP contribution in [-0.2, 0) is 15.0 Å². The lowest BCUT2D eigenvalue weighted by Crippen LogP contribution is -2.39. The van der Waals surface area contributed by atoms with Gasteiger partial charge in [-0.25, -0.2) is 4.72 Å². The Labute approximate surface area is 71.2 Å². The average molecular weight is 196 g/mol. The van der Waals surface area contributed by atoms with Crippen LogP contribution in [0.3, 0.4) is 0 Å². The zero-order chi connectivity index (χ0) is 9.61. The predicted octanol–water partition coefficient (Wildman–Crippen LogP) is -1.09. The lowest BCUT2D eigenvalue weighted by Gasteiger charge is -2.04. The van der Waals surface area contributed by atoms with Gasteiger partial charge in [-0.2, -0.15) is 13.1 Å². The second kappa shape index (κ2) is 5.07. The lowest BCUT2D eigenvalue weighted by atomic mass is 10.5. The minimum Gasteiger partial charge on any atom is -0.480 e. The van der Waals surface area contributed by atoms with E-state index in [1.807, 2.05) is 4.72 Å². The van der Waals surface area contributed by atoms with Gasteiger partial charge in [0.05, 0.1) is 0 Å². The molecule has 0 aromatic carbocycles. The van der Waals surface area contributed by atoms with Gasteiger partial charge >= 0.3 is 5.97 Å². The van der Waals surface area contributed by atoms with Crippen molar-refractivity contribution in [1.82, 2.24) is 9.44 Å². The maximum Gasteiger partial charge on any atom is 0.318 e. The van der Waals surface area contributed by atoms with Crippen molar-refractivity contribution in [2.45, 2.75) is 13.3 Å². The van der Waals surface area contributed by atoms with E-state index in [9.17, 15) is 13.2 Å². The fourth-order valence-corrected chi connectivity index (χ4v) is 1.33. The Morgan fingerprint density at radius 3 is 2.42 bits per heavy atom. The molecule has 3 N–H and O–H groups in total. The quantitative estimate of drug-likeness (QED) is 0.502. The largest absolute Gasteiger partial charge is 0.480 e. The van der Waals surface area contributed by atoms with E-state index >= 15 is 0 Å². The molecule has 0 aliphatic heterocycles. The van der Waals surface area contributed by atoms with E-state index in [2.05, 4.69) is 4.72 Å². The van der Waals surface area contributed by atoms with Crippen LogP contribution < -0.4 is 9.44 Å². The third kappa shape index (κ3) is 6.08. The van der Waals surface area contributed by atoms with Crippen molar-refractivity contribution in [3.05, 3.63) is 0 Å². The van der Waals surface area contributed by atoms with Crippen LogP contribution in [0.15, 0.2) is 0 Å². The van der Waals surface area contributed by atoms with Gasteiger partial charge in [-0.15, -0.1) is 0 Å². The Kier molecular flexibility index (Phi) is 4.79. The van der Waals surface area contributed by atoms with E-state index in [0.717, 1.165) is 0 Å². The highest BCUT2D eigenvalue weighted by molar-refractivity contribution is 7.87. The van der Waals surface area contributed by atoms with Crippen molar-refractivity contribution in [3.63, 3.8) is 0 Å². The monoisotopic (exact) mass is 196 g/mol. The highest BCUT2D eigenvalue weighted by atomic mass is 32.2. The summed E-state index contributed by atoms with van der Waals surface area (Å²) < 4.78 is 25.6. The molecule has 12 heavy (non-hydrogen) atoms. The SMILES string of the molecule is CCCNS(=O)(=O)NCC(=O)O. The molecule has 0 amide bonds. The van der Waals surface area contributed by atoms with Gasteiger partial charge in [-0.3, -0.25) is 4.79 Å². The number of carboxylic acid groups (broad SMARTS) is 1. The first kappa shape index (κ1) is 11.3. The van der Waals surface area contributed by atoms with Gasteiger partial charge in [0.15, 0.2) is 0 Å². The fourth-order valence-electron chi connectivity index (χ4n) is 0.444. The maximum atomic E-state index is 10.8. The van der Waals surface area contributed by atoms with Crippen LogP contribution in [0.2, 0.25) is 0 Å². The Balaban J connectivity index is 3.80. The molecule has 0 aliphatic rings. The van der Waals surface area contributed by atoms with Crippen LogP contribution in [0.4, 0.5) is 0 Å². The van der Waals surface area contributed by atoms with Crippen LogP contribution in [-0.4, -0.2) is 32.6 Å². The third-order valence-corrected chi connectivity index (χ3v) is 2.06. The van der Waals surface area contributed by atoms with Crippen LogP contribution >= 0.6 is 0 Å². The topological polar surface area (TPSA) is 95.5 Å². The van der Waals surface area contributed by atoms with Gasteiger partial charge in [0.2, 0.25) is 0 Å². The number of carboxylic acids is 1. The molecule has 0 spiro atoms. The molecule has 7 heteroatoms. The zero-order valence-corrected chi connectivity index (χ0v) is 7.52. The summed E-state index contributed by atoms with van der Waals surface area (Å²) in [7, 11) is -3.62. The molecular weight excluding hydrogens is 184 g/mol. The summed E-state index contributed by atoms with van der Waals surface area (Å²) in [6.07, 6.45) is 0.661. The molecule has 0 saturated carbocycles. The predicted molar refractivity (Wildman–Crippen MR) is 42.9 cm³/mol. The summed E-state index contributed by atoms with van der Waals surface area (Å²) >= 11 is 0. The zero-order valence-electron chi connectivity index (χ0n) is 6.70. The smallest absolute Gasteiger partial charge is 0.318 e. The third-order valence-electron chi connectivity index (χ3n) is 0.955. The van der Waals surface area contributed by atoms with Gasteiger partial charge in [0.25, 0.3) is 10.2 Å². The van der Waals surface area contributed by atoms with Crippen LogP contribution in [0.25, 0.3) is 0 Å². The summed E-state index contributed by atoms with van der Waals surface area (Å²) in [5.74, 6) is -1.21. The Morgan fingerprint density at radius 2 is 2.00 bits per heavy atom. The molecule has 0 aromatic heterocycles. The molecule has 0 radical (unpaired) electrons. The first-order valence-corrected chi connectivity index (χ1v) is 4.92. The molecule has 0 bridgehead atoms. The molecule has 0 rings (SSSR count). The Hall–Kier alpha value is -0.660. The molecule has 0 aliphatic carbocycles. The number of hydrogen-bond donors (Lipinski definition) is 3. The minimum absolute atomic E-state index is 0.301. The summed E-state index contributed by atoms with van der Waals surface area (Å²) in [5, 5.41) is 8.15. The van der Waals surface area contributed by atoms with E-state index in [1.54, 1.807) is 6.92 Å². The molecule has 6 nitrogen and oxygen atoms in total. The van der Waals surface area contributed by atoms with Crippen molar-refractivity contribution in [2.75, 3.05) is 13.1 Å².